The van der Waals surface area contributed by atoms with Gasteiger partial charge < -0.3 is 10.1 Å². The van der Waals surface area contributed by atoms with Crippen LogP contribution in [0.3, 0.4) is 0 Å². The Morgan fingerprint density at radius 1 is 1.10 bits per heavy atom. The molecule has 0 aliphatic heterocycles. The van der Waals surface area contributed by atoms with E-state index in [0.29, 0.717) is 0 Å². The van der Waals surface area contributed by atoms with Gasteiger partial charge in [0.1, 0.15) is 0 Å². The second-order valence-corrected chi connectivity index (χ2v) is 5.08. The van der Waals surface area contributed by atoms with E-state index in [1.54, 1.807) is 6.07 Å². The SMILES string of the molecule is COc1ccc(NC(C)c2cc(C)ccc2C)cc1F. The van der Waals surface area contributed by atoms with Gasteiger partial charge in [-0.05, 0) is 44.0 Å². The number of halogens is 1. The molecule has 0 aliphatic carbocycles. The summed E-state index contributed by atoms with van der Waals surface area (Å²) in [5.41, 5.74) is 4.42. The molecule has 2 rings (SSSR count). The predicted octanol–water partition coefficient (Wildman–Crippen LogP) is 4.62. The molecule has 0 saturated carbocycles. The molecule has 0 aromatic heterocycles. The van der Waals surface area contributed by atoms with Gasteiger partial charge in [0.15, 0.2) is 11.6 Å². The van der Waals surface area contributed by atoms with Gasteiger partial charge in [0.25, 0.3) is 0 Å². The highest BCUT2D eigenvalue weighted by molar-refractivity contribution is 5.49. The molecule has 0 fully saturated rings. The van der Waals surface area contributed by atoms with E-state index in [-0.39, 0.29) is 17.6 Å². The molecule has 106 valence electrons. The molecule has 2 nitrogen and oxygen atoms in total. The van der Waals surface area contributed by atoms with Crippen LogP contribution in [0.15, 0.2) is 36.4 Å². The van der Waals surface area contributed by atoms with Crippen molar-refractivity contribution in [1.29, 1.82) is 0 Å². The lowest BCUT2D eigenvalue weighted by Gasteiger charge is -2.19. The third kappa shape index (κ3) is 3.10. The van der Waals surface area contributed by atoms with Crippen molar-refractivity contribution in [2.45, 2.75) is 26.8 Å². The summed E-state index contributed by atoms with van der Waals surface area (Å²) in [7, 11) is 1.46. The Hall–Kier alpha value is -2.03. The first-order chi connectivity index (χ1) is 9.51. The van der Waals surface area contributed by atoms with Crippen LogP contribution in [0.5, 0.6) is 5.75 Å². The van der Waals surface area contributed by atoms with Crippen LogP contribution in [0.4, 0.5) is 10.1 Å². The fourth-order valence-corrected chi connectivity index (χ4v) is 2.31. The maximum absolute atomic E-state index is 13.7. The highest BCUT2D eigenvalue weighted by atomic mass is 19.1. The minimum absolute atomic E-state index is 0.114. The third-order valence-electron chi connectivity index (χ3n) is 3.44. The van der Waals surface area contributed by atoms with E-state index in [1.165, 1.54) is 29.9 Å². The van der Waals surface area contributed by atoms with Crippen LogP contribution in [-0.2, 0) is 0 Å². The molecule has 0 amide bonds. The van der Waals surface area contributed by atoms with E-state index in [9.17, 15) is 4.39 Å². The van der Waals surface area contributed by atoms with E-state index < -0.39 is 0 Å². The number of rotatable bonds is 4. The van der Waals surface area contributed by atoms with Crippen molar-refractivity contribution in [3.63, 3.8) is 0 Å². The largest absolute Gasteiger partial charge is 0.494 e. The summed E-state index contributed by atoms with van der Waals surface area (Å²) in [6.45, 7) is 6.23. The van der Waals surface area contributed by atoms with Crippen LogP contribution in [0, 0.1) is 19.7 Å². The molecule has 0 heterocycles. The summed E-state index contributed by atoms with van der Waals surface area (Å²) in [6, 6.07) is 11.4. The van der Waals surface area contributed by atoms with Crippen LogP contribution in [0.25, 0.3) is 0 Å². The number of methoxy groups -OCH3 is 1. The van der Waals surface area contributed by atoms with Gasteiger partial charge in [-0.1, -0.05) is 23.8 Å². The number of hydrogen-bond donors (Lipinski definition) is 1. The van der Waals surface area contributed by atoms with E-state index in [0.717, 1.165) is 5.69 Å². The van der Waals surface area contributed by atoms with Crippen LogP contribution in [0.2, 0.25) is 0 Å². The Morgan fingerprint density at radius 3 is 2.50 bits per heavy atom. The number of nitrogens with one attached hydrogen (secondary N) is 1. The molecule has 1 N–H and O–H groups in total. The lowest BCUT2D eigenvalue weighted by Crippen LogP contribution is -2.08. The van der Waals surface area contributed by atoms with Gasteiger partial charge in [0.05, 0.1) is 7.11 Å². The highest BCUT2D eigenvalue weighted by Crippen LogP contribution is 2.26. The van der Waals surface area contributed by atoms with Crippen LogP contribution >= 0.6 is 0 Å². The summed E-state index contributed by atoms with van der Waals surface area (Å²) in [4.78, 5) is 0. The molecule has 0 aliphatic rings. The zero-order valence-electron chi connectivity index (χ0n) is 12.3. The smallest absolute Gasteiger partial charge is 0.167 e. The molecule has 0 saturated heterocycles. The Balaban J connectivity index is 2.21. The van der Waals surface area contributed by atoms with Crippen molar-refractivity contribution >= 4 is 5.69 Å². The zero-order chi connectivity index (χ0) is 14.7. The maximum atomic E-state index is 13.7. The Bertz CT molecular complexity index is 610. The molecule has 0 bridgehead atoms. The van der Waals surface area contributed by atoms with Crippen molar-refractivity contribution in [1.82, 2.24) is 0 Å². The van der Waals surface area contributed by atoms with Gasteiger partial charge in [-0.2, -0.15) is 0 Å². The molecule has 3 heteroatoms. The number of ether oxygens (including phenoxy) is 1. The average molecular weight is 273 g/mol. The van der Waals surface area contributed by atoms with Crippen LogP contribution < -0.4 is 10.1 Å². The van der Waals surface area contributed by atoms with Gasteiger partial charge in [0.2, 0.25) is 0 Å². The summed E-state index contributed by atoms with van der Waals surface area (Å²) in [5.74, 6) is -0.0967. The fourth-order valence-electron chi connectivity index (χ4n) is 2.31. The normalized spacial score (nSPS) is 12.1. The first-order valence-corrected chi connectivity index (χ1v) is 6.68. The second-order valence-electron chi connectivity index (χ2n) is 5.08. The number of aryl methyl sites for hydroxylation is 2. The predicted molar refractivity (Wildman–Crippen MR) is 80.9 cm³/mol. The first kappa shape index (κ1) is 14.4. The Kier molecular flexibility index (Phi) is 4.28. The summed E-state index contributed by atoms with van der Waals surface area (Å²) in [5, 5.41) is 3.32. The lowest BCUT2D eigenvalue weighted by atomic mass is 10.00. The topological polar surface area (TPSA) is 21.3 Å². The summed E-state index contributed by atoms with van der Waals surface area (Å²) < 4.78 is 18.6. The van der Waals surface area contributed by atoms with Crippen molar-refractivity contribution in [3.8, 4) is 5.75 Å². The van der Waals surface area contributed by atoms with E-state index >= 15 is 0 Å². The summed E-state index contributed by atoms with van der Waals surface area (Å²) >= 11 is 0. The molecule has 2 aromatic rings. The Labute approximate surface area is 119 Å². The fraction of sp³-hybridized carbons (Fsp3) is 0.294. The number of benzene rings is 2. The van der Waals surface area contributed by atoms with Crippen molar-refractivity contribution < 1.29 is 9.13 Å². The molecular weight excluding hydrogens is 253 g/mol. The molecule has 20 heavy (non-hydrogen) atoms. The monoisotopic (exact) mass is 273 g/mol. The molecule has 1 atom stereocenters. The highest BCUT2D eigenvalue weighted by Gasteiger charge is 2.10. The van der Waals surface area contributed by atoms with E-state index in [1.807, 2.05) is 6.07 Å². The average Bonchev–Trinajstić information content (AvgIpc) is 2.41. The second kappa shape index (κ2) is 5.95. The van der Waals surface area contributed by atoms with Crippen molar-refractivity contribution in [2.24, 2.45) is 0 Å². The van der Waals surface area contributed by atoms with Gasteiger partial charge in [0, 0.05) is 17.8 Å². The zero-order valence-corrected chi connectivity index (χ0v) is 12.3. The molecular formula is C17H20FNO. The Morgan fingerprint density at radius 2 is 1.85 bits per heavy atom. The number of anilines is 1. The lowest BCUT2D eigenvalue weighted by molar-refractivity contribution is 0.386. The van der Waals surface area contributed by atoms with Gasteiger partial charge >= 0.3 is 0 Å². The van der Waals surface area contributed by atoms with Gasteiger partial charge in [-0.25, -0.2) is 4.39 Å². The maximum Gasteiger partial charge on any atom is 0.167 e. The molecule has 2 aromatic carbocycles. The van der Waals surface area contributed by atoms with E-state index in [4.69, 9.17) is 4.74 Å². The minimum atomic E-state index is -0.356. The van der Waals surface area contributed by atoms with Crippen molar-refractivity contribution in [2.75, 3.05) is 12.4 Å². The molecule has 0 spiro atoms. The standard InChI is InChI=1S/C17H20FNO/c1-11-5-6-12(2)15(9-11)13(3)19-14-7-8-17(20-4)16(18)10-14/h5-10,13,19H,1-4H3. The van der Waals surface area contributed by atoms with Gasteiger partial charge in [-0.15, -0.1) is 0 Å². The van der Waals surface area contributed by atoms with Gasteiger partial charge in [-0.3, -0.25) is 0 Å². The van der Waals surface area contributed by atoms with Crippen LogP contribution in [-0.4, -0.2) is 7.11 Å². The summed E-state index contributed by atoms with van der Waals surface area (Å²) in [6.07, 6.45) is 0. The number of hydrogen-bond acceptors (Lipinski definition) is 2. The third-order valence-corrected chi connectivity index (χ3v) is 3.44. The quantitative estimate of drug-likeness (QED) is 0.877. The molecule has 0 radical (unpaired) electrons. The first-order valence-electron chi connectivity index (χ1n) is 6.68. The van der Waals surface area contributed by atoms with Crippen molar-refractivity contribution in [3.05, 3.63) is 58.9 Å². The van der Waals surface area contributed by atoms with E-state index in [2.05, 4.69) is 44.3 Å². The minimum Gasteiger partial charge on any atom is -0.494 e. The van der Waals surface area contributed by atoms with Crippen LogP contribution in [0.1, 0.15) is 29.7 Å². The molecule has 1 unspecified atom stereocenters.